The van der Waals surface area contributed by atoms with E-state index in [1.807, 2.05) is 0 Å². The van der Waals surface area contributed by atoms with Crippen molar-refractivity contribution in [3.8, 4) is 5.75 Å². The molecule has 2 aromatic rings. The number of hydrazone groups is 1. The fourth-order valence-corrected chi connectivity index (χ4v) is 1.88. The number of furan rings is 1. The summed E-state index contributed by atoms with van der Waals surface area (Å²) in [4.78, 5) is 23.0. The van der Waals surface area contributed by atoms with Gasteiger partial charge in [0.1, 0.15) is 11.5 Å². The Balaban J connectivity index is 1.82. The van der Waals surface area contributed by atoms with E-state index in [1.54, 1.807) is 24.3 Å². The summed E-state index contributed by atoms with van der Waals surface area (Å²) in [5, 5.41) is 15.4. The average molecular weight is 366 g/mol. The molecule has 0 saturated heterocycles. The maximum Gasteiger partial charge on any atom is 0.329 e. The number of phenolic OH excluding ortho intramolecular Hbond substituents is 1. The fourth-order valence-electron chi connectivity index (χ4n) is 1.48. The zero-order valence-electron chi connectivity index (χ0n) is 11.2. The molecule has 0 radical (unpaired) electrons. The molecule has 7 nitrogen and oxygen atoms in total. The van der Waals surface area contributed by atoms with Crippen LogP contribution < -0.4 is 10.7 Å². The van der Waals surface area contributed by atoms with Gasteiger partial charge < -0.3 is 14.8 Å². The van der Waals surface area contributed by atoms with Gasteiger partial charge in [-0.05, 0) is 51.8 Å². The predicted molar refractivity (Wildman–Crippen MR) is 82.1 cm³/mol. The zero-order valence-corrected chi connectivity index (χ0v) is 12.8. The van der Waals surface area contributed by atoms with E-state index in [2.05, 4.69) is 31.8 Å². The first-order valence-electron chi connectivity index (χ1n) is 6.18. The normalized spacial score (nSPS) is 10.6. The number of hydrogen-bond donors (Lipinski definition) is 3. The number of halogens is 1. The van der Waals surface area contributed by atoms with Gasteiger partial charge in [0.15, 0.2) is 0 Å². The second-order valence-electron chi connectivity index (χ2n) is 4.17. The van der Waals surface area contributed by atoms with Gasteiger partial charge in [-0.3, -0.25) is 9.59 Å². The lowest BCUT2D eigenvalue weighted by Crippen LogP contribution is -2.37. The first-order valence-corrected chi connectivity index (χ1v) is 6.97. The van der Waals surface area contributed by atoms with E-state index in [4.69, 9.17) is 4.42 Å². The number of nitrogens with one attached hydrogen (secondary N) is 2. The topological polar surface area (TPSA) is 104 Å². The van der Waals surface area contributed by atoms with Gasteiger partial charge >= 0.3 is 11.8 Å². The molecule has 0 aliphatic carbocycles. The van der Waals surface area contributed by atoms with E-state index in [-0.39, 0.29) is 12.3 Å². The molecule has 3 N–H and O–H groups in total. The first kappa shape index (κ1) is 15.8. The Labute approximate surface area is 134 Å². The zero-order chi connectivity index (χ0) is 15.9. The number of nitrogens with zero attached hydrogens (tertiary/aromatic N) is 1. The molecule has 22 heavy (non-hydrogen) atoms. The highest BCUT2D eigenvalue weighted by Gasteiger charge is 2.12. The summed E-state index contributed by atoms with van der Waals surface area (Å²) < 4.78 is 5.52. The summed E-state index contributed by atoms with van der Waals surface area (Å²) in [6.07, 6.45) is 2.82. The van der Waals surface area contributed by atoms with Gasteiger partial charge in [-0.1, -0.05) is 0 Å². The third kappa shape index (κ3) is 4.45. The summed E-state index contributed by atoms with van der Waals surface area (Å²) in [5.74, 6) is -1.07. The Morgan fingerprint density at radius 3 is 2.82 bits per heavy atom. The molecule has 1 heterocycles. The van der Waals surface area contributed by atoms with E-state index >= 15 is 0 Å². The van der Waals surface area contributed by atoms with Crippen molar-refractivity contribution in [2.45, 2.75) is 6.54 Å². The van der Waals surface area contributed by atoms with Crippen molar-refractivity contribution in [2.75, 3.05) is 0 Å². The minimum Gasteiger partial charge on any atom is -0.507 e. The van der Waals surface area contributed by atoms with Crippen LogP contribution in [0.5, 0.6) is 5.75 Å². The second-order valence-corrected chi connectivity index (χ2v) is 5.03. The molecule has 0 bridgehead atoms. The van der Waals surface area contributed by atoms with Crippen molar-refractivity contribution >= 4 is 34.0 Å². The highest BCUT2D eigenvalue weighted by molar-refractivity contribution is 9.10. The molecular weight excluding hydrogens is 354 g/mol. The van der Waals surface area contributed by atoms with E-state index in [0.29, 0.717) is 15.8 Å². The molecule has 1 aromatic carbocycles. The van der Waals surface area contributed by atoms with Crippen LogP contribution >= 0.6 is 15.9 Å². The quantitative estimate of drug-likeness (QED) is 0.434. The molecule has 2 amide bonds. The van der Waals surface area contributed by atoms with Crippen LogP contribution in [0.25, 0.3) is 0 Å². The maximum absolute atomic E-state index is 11.5. The number of carbonyl (C=O) groups is 2. The molecule has 0 fully saturated rings. The summed E-state index contributed by atoms with van der Waals surface area (Å²) in [6.45, 7) is 0.119. The lowest BCUT2D eigenvalue weighted by Gasteiger charge is -2.01. The van der Waals surface area contributed by atoms with Crippen LogP contribution in [-0.2, 0) is 16.1 Å². The molecular formula is C14H12BrN3O4. The molecule has 114 valence electrons. The van der Waals surface area contributed by atoms with Crippen molar-refractivity contribution in [1.29, 1.82) is 0 Å². The standard InChI is InChI=1S/C14H12BrN3O4/c15-11-6-9(3-4-12(11)19)7-17-18-14(21)13(20)16-8-10-2-1-5-22-10/h1-7,19H,8H2,(H,16,20)(H,18,21)/b17-7+. The number of carbonyl (C=O) groups excluding carboxylic acids is 2. The van der Waals surface area contributed by atoms with Crippen LogP contribution in [0.3, 0.4) is 0 Å². The maximum atomic E-state index is 11.5. The molecule has 0 aliphatic rings. The highest BCUT2D eigenvalue weighted by Crippen LogP contribution is 2.23. The number of aromatic hydroxyl groups is 1. The van der Waals surface area contributed by atoms with Gasteiger partial charge in [-0.15, -0.1) is 0 Å². The lowest BCUT2D eigenvalue weighted by molar-refractivity contribution is -0.139. The van der Waals surface area contributed by atoms with Crippen LogP contribution in [0.2, 0.25) is 0 Å². The van der Waals surface area contributed by atoms with Gasteiger partial charge in [-0.25, -0.2) is 5.43 Å². The minimum atomic E-state index is -0.888. The van der Waals surface area contributed by atoms with Crippen molar-refractivity contribution in [2.24, 2.45) is 5.10 Å². The van der Waals surface area contributed by atoms with Crippen molar-refractivity contribution in [1.82, 2.24) is 10.7 Å². The number of benzene rings is 1. The second kappa shape index (κ2) is 7.41. The SMILES string of the molecule is O=C(NCc1ccco1)C(=O)N/N=C/c1ccc(O)c(Br)c1. The molecule has 0 spiro atoms. The Morgan fingerprint density at radius 1 is 1.32 bits per heavy atom. The Morgan fingerprint density at radius 2 is 2.14 bits per heavy atom. The monoisotopic (exact) mass is 365 g/mol. The Bertz CT molecular complexity index is 698. The van der Waals surface area contributed by atoms with E-state index in [1.165, 1.54) is 18.5 Å². The van der Waals surface area contributed by atoms with E-state index in [9.17, 15) is 14.7 Å². The average Bonchev–Trinajstić information content (AvgIpc) is 3.01. The van der Waals surface area contributed by atoms with Crippen LogP contribution in [0.15, 0.2) is 50.6 Å². The molecule has 8 heteroatoms. The van der Waals surface area contributed by atoms with Crippen LogP contribution in [0.1, 0.15) is 11.3 Å². The summed E-state index contributed by atoms with van der Waals surface area (Å²) in [6, 6.07) is 8.05. The Hall–Kier alpha value is -2.61. The molecule has 2 rings (SSSR count). The number of hydrogen-bond acceptors (Lipinski definition) is 5. The summed E-state index contributed by atoms with van der Waals surface area (Å²) >= 11 is 3.16. The fraction of sp³-hybridized carbons (Fsp3) is 0.0714. The molecule has 0 atom stereocenters. The minimum absolute atomic E-state index is 0.0958. The lowest BCUT2D eigenvalue weighted by atomic mass is 10.2. The number of rotatable bonds is 4. The van der Waals surface area contributed by atoms with Crippen LogP contribution in [0.4, 0.5) is 0 Å². The molecule has 0 aliphatic heterocycles. The highest BCUT2D eigenvalue weighted by atomic mass is 79.9. The van der Waals surface area contributed by atoms with Gasteiger partial charge in [-0.2, -0.15) is 5.10 Å². The van der Waals surface area contributed by atoms with E-state index < -0.39 is 11.8 Å². The first-order chi connectivity index (χ1) is 10.6. The summed E-state index contributed by atoms with van der Waals surface area (Å²) in [5.41, 5.74) is 2.74. The van der Waals surface area contributed by atoms with Gasteiger partial charge in [0.2, 0.25) is 0 Å². The predicted octanol–water partition coefficient (Wildman–Crippen LogP) is 1.51. The third-order valence-corrected chi connectivity index (χ3v) is 3.20. The molecule has 1 aromatic heterocycles. The van der Waals surface area contributed by atoms with E-state index in [0.717, 1.165) is 0 Å². The third-order valence-electron chi connectivity index (χ3n) is 2.56. The largest absolute Gasteiger partial charge is 0.507 e. The van der Waals surface area contributed by atoms with Gasteiger partial charge in [0.25, 0.3) is 0 Å². The van der Waals surface area contributed by atoms with Crippen LogP contribution in [0, 0.1) is 0 Å². The van der Waals surface area contributed by atoms with Crippen molar-refractivity contribution < 1.29 is 19.1 Å². The molecule has 0 saturated carbocycles. The smallest absolute Gasteiger partial charge is 0.329 e. The molecule has 0 unspecified atom stereocenters. The number of amides is 2. The Kier molecular flexibility index (Phi) is 5.31. The van der Waals surface area contributed by atoms with Crippen molar-refractivity contribution in [3.05, 3.63) is 52.4 Å². The van der Waals surface area contributed by atoms with Crippen LogP contribution in [-0.4, -0.2) is 23.1 Å². The van der Waals surface area contributed by atoms with Gasteiger partial charge in [0, 0.05) is 0 Å². The van der Waals surface area contributed by atoms with Crippen molar-refractivity contribution in [3.63, 3.8) is 0 Å². The van der Waals surface area contributed by atoms with Gasteiger partial charge in [0.05, 0.1) is 23.5 Å². The number of phenols is 1. The summed E-state index contributed by atoms with van der Waals surface area (Å²) in [7, 11) is 0.